The summed E-state index contributed by atoms with van der Waals surface area (Å²) in [5.74, 6) is 0.622. The first-order valence-electron chi connectivity index (χ1n) is 7.12. The first-order valence-corrected chi connectivity index (χ1v) is 7.12. The monoisotopic (exact) mass is 239 g/mol. The Morgan fingerprint density at radius 1 is 1.18 bits per heavy atom. The zero-order valence-corrected chi connectivity index (χ0v) is 10.9. The molecule has 1 aliphatic carbocycles. The van der Waals surface area contributed by atoms with E-state index in [0.717, 1.165) is 37.9 Å². The molecule has 0 amide bonds. The van der Waals surface area contributed by atoms with E-state index in [1.807, 2.05) is 0 Å². The van der Waals surface area contributed by atoms with Crippen LogP contribution in [0.3, 0.4) is 0 Å². The molecular formula is C14H25NO2. The van der Waals surface area contributed by atoms with Crippen LogP contribution < -0.4 is 0 Å². The molecule has 0 bridgehead atoms. The van der Waals surface area contributed by atoms with Crippen LogP contribution in [0.15, 0.2) is 0 Å². The molecule has 1 heterocycles. The minimum absolute atomic E-state index is 0.369. The number of rotatable bonds is 3. The van der Waals surface area contributed by atoms with Crippen molar-refractivity contribution in [3.05, 3.63) is 0 Å². The first kappa shape index (κ1) is 12.9. The van der Waals surface area contributed by atoms with Crippen molar-refractivity contribution in [1.29, 1.82) is 0 Å². The highest BCUT2D eigenvalue weighted by Gasteiger charge is 2.30. The Hall–Kier alpha value is -0.570. The maximum atomic E-state index is 10.7. The molecule has 1 N–H and O–H groups in total. The van der Waals surface area contributed by atoms with Crippen molar-refractivity contribution >= 4 is 5.97 Å². The molecule has 0 spiro atoms. The van der Waals surface area contributed by atoms with Crippen LogP contribution in [0.1, 0.15) is 51.9 Å². The number of aliphatic carboxylic acids is 1. The van der Waals surface area contributed by atoms with Gasteiger partial charge in [-0.15, -0.1) is 0 Å². The van der Waals surface area contributed by atoms with Crippen molar-refractivity contribution in [2.45, 2.75) is 57.9 Å². The van der Waals surface area contributed by atoms with E-state index >= 15 is 0 Å². The number of carbonyl (C=O) groups is 1. The lowest BCUT2D eigenvalue weighted by molar-refractivity contribution is -0.138. The van der Waals surface area contributed by atoms with E-state index in [-0.39, 0.29) is 0 Å². The molecule has 2 fully saturated rings. The minimum Gasteiger partial charge on any atom is -0.481 e. The number of carboxylic acids is 1. The van der Waals surface area contributed by atoms with Gasteiger partial charge in [0.1, 0.15) is 0 Å². The van der Waals surface area contributed by atoms with E-state index in [4.69, 9.17) is 5.11 Å². The highest BCUT2D eigenvalue weighted by molar-refractivity contribution is 5.67. The molecule has 2 rings (SSSR count). The number of carboxylic acid groups (broad SMARTS) is 1. The lowest BCUT2D eigenvalue weighted by Gasteiger charge is -2.42. The molecule has 2 aliphatic rings. The fourth-order valence-electron chi connectivity index (χ4n) is 3.57. The Morgan fingerprint density at radius 2 is 1.82 bits per heavy atom. The SMILES string of the molecule is CC1CCCCC1N1CCC(CC(=O)O)CC1. The fourth-order valence-corrected chi connectivity index (χ4v) is 3.57. The van der Waals surface area contributed by atoms with Gasteiger partial charge in [0.15, 0.2) is 0 Å². The fraction of sp³-hybridized carbons (Fsp3) is 0.929. The maximum Gasteiger partial charge on any atom is 0.303 e. The van der Waals surface area contributed by atoms with Crippen molar-refractivity contribution in [2.75, 3.05) is 13.1 Å². The van der Waals surface area contributed by atoms with Gasteiger partial charge in [-0.3, -0.25) is 4.79 Å². The molecule has 0 aromatic rings. The van der Waals surface area contributed by atoms with Crippen LogP contribution >= 0.6 is 0 Å². The van der Waals surface area contributed by atoms with Gasteiger partial charge in [0.05, 0.1) is 0 Å². The Morgan fingerprint density at radius 3 is 2.41 bits per heavy atom. The molecule has 98 valence electrons. The Labute approximate surface area is 104 Å². The summed E-state index contributed by atoms with van der Waals surface area (Å²) in [6.07, 6.45) is 8.03. The molecule has 2 atom stereocenters. The Bertz CT molecular complexity index is 259. The maximum absolute atomic E-state index is 10.7. The summed E-state index contributed by atoms with van der Waals surface area (Å²) < 4.78 is 0. The average Bonchev–Trinajstić information content (AvgIpc) is 2.30. The molecular weight excluding hydrogens is 214 g/mol. The summed E-state index contributed by atoms with van der Waals surface area (Å²) in [7, 11) is 0. The summed E-state index contributed by atoms with van der Waals surface area (Å²) in [5.41, 5.74) is 0. The van der Waals surface area contributed by atoms with E-state index in [0.29, 0.717) is 12.3 Å². The lowest BCUT2D eigenvalue weighted by atomic mass is 9.83. The van der Waals surface area contributed by atoms with Crippen molar-refractivity contribution in [3.63, 3.8) is 0 Å². The standard InChI is InChI=1S/C14H25NO2/c1-11-4-2-3-5-13(11)15-8-6-12(7-9-15)10-14(16)17/h11-13H,2-10H2,1H3,(H,16,17). The molecule has 1 saturated carbocycles. The Kier molecular flexibility index (Phi) is 4.43. The highest BCUT2D eigenvalue weighted by atomic mass is 16.4. The van der Waals surface area contributed by atoms with Crippen LogP contribution in [0, 0.1) is 11.8 Å². The lowest BCUT2D eigenvalue weighted by Crippen LogP contribution is -2.46. The second kappa shape index (κ2) is 5.85. The van der Waals surface area contributed by atoms with Crippen molar-refractivity contribution in [3.8, 4) is 0 Å². The third-order valence-electron chi connectivity index (χ3n) is 4.65. The van der Waals surface area contributed by atoms with Crippen LogP contribution in [0.5, 0.6) is 0 Å². The van der Waals surface area contributed by atoms with Crippen LogP contribution in [0.4, 0.5) is 0 Å². The quantitative estimate of drug-likeness (QED) is 0.823. The Balaban J connectivity index is 1.79. The summed E-state index contributed by atoms with van der Waals surface area (Å²) >= 11 is 0. The van der Waals surface area contributed by atoms with E-state index in [2.05, 4.69) is 11.8 Å². The van der Waals surface area contributed by atoms with Gasteiger partial charge in [-0.2, -0.15) is 0 Å². The normalized spacial score (nSPS) is 32.5. The van der Waals surface area contributed by atoms with Crippen LogP contribution in [0.25, 0.3) is 0 Å². The van der Waals surface area contributed by atoms with Gasteiger partial charge in [0.25, 0.3) is 0 Å². The molecule has 0 aromatic carbocycles. The predicted molar refractivity (Wildman–Crippen MR) is 68.0 cm³/mol. The molecule has 2 unspecified atom stereocenters. The first-order chi connectivity index (χ1) is 8.16. The summed E-state index contributed by atoms with van der Waals surface area (Å²) in [6.45, 7) is 4.62. The summed E-state index contributed by atoms with van der Waals surface area (Å²) in [6, 6.07) is 0.773. The van der Waals surface area contributed by atoms with E-state index in [1.165, 1.54) is 25.7 Å². The van der Waals surface area contributed by atoms with Crippen molar-refractivity contribution in [2.24, 2.45) is 11.8 Å². The predicted octanol–water partition coefficient (Wildman–Crippen LogP) is 2.75. The molecule has 3 heteroatoms. The molecule has 1 saturated heterocycles. The highest BCUT2D eigenvalue weighted by Crippen LogP contribution is 2.31. The number of likely N-dealkylation sites (tertiary alicyclic amines) is 1. The van der Waals surface area contributed by atoms with Crippen molar-refractivity contribution in [1.82, 2.24) is 4.90 Å². The number of hydrogen-bond donors (Lipinski definition) is 1. The van der Waals surface area contributed by atoms with Crippen LogP contribution in [-0.4, -0.2) is 35.1 Å². The molecule has 0 aromatic heterocycles. The zero-order chi connectivity index (χ0) is 12.3. The third kappa shape index (κ3) is 3.44. The largest absolute Gasteiger partial charge is 0.481 e. The second-order valence-corrected chi connectivity index (χ2v) is 5.91. The molecule has 1 aliphatic heterocycles. The summed E-state index contributed by atoms with van der Waals surface area (Å²) in [5, 5.41) is 8.81. The van der Waals surface area contributed by atoms with Gasteiger partial charge in [-0.05, 0) is 50.6 Å². The molecule has 0 radical (unpaired) electrons. The number of hydrogen-bond acceptors (Lipinski definition) is 2. The molecule has 17 heavy (non-hydrogen) atoms. The van der Waals surface area contributed by atoms with E-state index in [1.54, 1.807) is 0 Å². The van der Waals surface area contributed by atoms with Crippen LogP contribution in [0.2, 0.25) is 0 Å². The van der Waals surface area contributed by atoms with Crippen LogP contribution in [-0.2, 0) is 4.79 Å². The smallest absolute Gasteiger partial charge is 0.303 e. The van der Waals surface area contributed by atoms with E-state index in [9.17, 15) is 4.79 Å². The van der Waals surface area contributed by atoms with E-state index < -0.39 is 5.97 Å². The number of piperidine rings is 1. The van der Waals surface area contributed by atoms with Gasteiger partial charge >= 0.3 is 5.97 Å². The molecule has 3 nitrogen and oxygen atoms in total. The topological polar surface area (TPSA) is 40.5 Å². The number of nitrogens with zero attached hydrogens (tertiary/aromatic N) is 1. The zero-order valence-electron chi connectivity index (χ0n) is 10.9. The van der Waals surface area contributed by atoms with Gasteiger partial charge < -0.3 is 10.0 Å². The van der Waals surface area contributed by atoms with Crippen molar-refractivity contribution < 1.29 is 9.90 Å². The minimum atomic E-state index is -0.630. The summed E-state index contributed by atoms with van der Waals surface area (Å²) in [4.78, 5) is 13.3. The van der Waals surface area contributed by atoms with Gasteiger partial charge in [-0.25, -0.2) is 0 Å². The van der Waals surface area contributed by atoms with Gasteiger partial charge in [0, 0.05) is 12.5 Å². The third-order valence-corrected chi connectivity index (χ3v) is 4.65. The average molecular weight is 239 g/mol. The second-order valence-electron chi connectivity index (χ2n) is 5.91. The van der Waals surface area contributed by atoms with Gasteiger partial charge in [-0.1, -0.05) is 19.8 Å². The van der Waals surface area contributed by atoms with Gasteiger partial charge in [0.2, 0.25) is 0 Å².